The maximum atomic E-state index is 11.4. The molecule has 1 aromatic heterocycles. The largest absolute Gasteiger partial charge is 0.464 e. The number of nitrogens with one attached hydrogen (secondary N) is 1. The van der Waals surface area contributed by atoms with Crippen LogP contribution in [0.5, 0.6) is 0 Å². The molecule has 0 saturated carbocycles. The van der Waals surface area contributed by atoms with E-state index in [4.69, 9.17) is 4.74 Å². The molecule has 18 heavy (non-hydrogen) atoms. The number of nitrogens with zero attached hydrogens (tertiary/aromatic N) is 2. The van der Waals surface area contributed by atoms with Crippen molar-refractivity contribution >= 4 is 17.9 Å². The van der Waals surface area contributed by atoms with E-state index in [0.717, 1.165) is 0 Å². The van der Waals surface area contributed by atoms with Gasteiger partial charge < -0.3 is 9.47 Å². The lowest BCUT2D eigenvalue weighted by atomic mass is 10.2. The van der Waals surface area contributed by atoms with Gasteiger partial charge in [0.1, 0.15) is 5.60 Å². The molecule has 0 atom stereocenters. The number of carbonyl (C=O) groups excluding carboxylic acids is 2. The van der Waals surface area contributed by atoms with E-state index in [-0.39, 0.29) is 11.5 Å². The van der Waals surface area contributed by atoms with Crippen LogP contribution in [-0.4, -0.2) is 35.0 Å². The number of hydrogen-bond donors (Lipinski definition) is 1. The molecule has 0 fully saturated rings. The first-order chi connectivity index (χ1) is 8.31. The number of methoxy groups -OCH3 is 1. The molecule has 0 saturated heterocycles. The third kappa shape index (κ3) is 4.36. The fraction of sp³-hybridized carbons (Fsp3) is 0.455. The molecule has 1 amide bonds. The second kappa shape index (κ2) is 5.44. The Labute approximate surface area is 104 Å². The first-order valence-electron chi connectivity index (χ1n) is 5.24. The van der Waals surface area contributed by atoms with E-state index in [9.17, 15) is 9.59 Å². The van der Waals surface area contributed by atoms with Crippen molar-refractivity contribution in [2.75, 3.05) is 12.4 Å². The van der Waals surface area contributed by atoms with Gasteiger partial charge in [0.2, 0.25) is 0 Å². The van der Waals surface area contributed by atoms with Gasteiger partial charge in [-0.3, -0.25) is 5.32 Å². The van der Waals surface area contributed by atoms with E-state index in [1.165, 1.54) is 19.2 Å². The molecule has 0 aliphatic heterocycles. The van der Waals surface area contributed by atoms with Crippen LogP contribution < -0.4 is 5.32 Å². The number of rotatable bonds is 2. The zero-order valence-electron chi connectivity index (χ0n) is 10.7. The molecule has 0 aliphatic rings. The van der Waals surface area contributed by atoms with Crippen molar-refractivity contribution in [1.82, 2.24) is 10.2 Å². The maximum Gasteiger partial charge on any atom is 0.413 e. The molecule has 98 valence electrons. The predicted octanol–water partition coefficient (Wildman–Crippen LogP) is 1.61. The number of aromatic nitrogens is 2. The summed E-state index contributed by atoms with van der Waals surface area (Å²) in [5.41, 5.74) is -0.532. The van der Waals surface area contributed by atoms with Gasteiger partial charge in [-0.25, -0.2) is 9.59 Å². The molecule has 0 spiro atoms. The summed E-state index contributed by atoms with van der Waals surface area (Å²) in [7, 11) is 1.25. The van der Waals surface area contributed by atoms with Crippen LogP contribution in [0.4, 0.5) is 10.6 Å². The lowest BCUT2D eigenvalue weighted by Crippen LogP contribution is -2.27. The summed E-state index contributed by atoms with van der Waals surface area (Å²) < 4.78 is 9.50. The van der Waals surface area contributed by atoms with Crippen molar-refractivity contribution < 1.29 is 19.1 Å². The first kappa shape index (κ1) is 13.9. The van der Waals surface area contributed by atoms with Gasteiger partial charge in [0, 0.05) is 0 Å². The molecule has 0 unspecified atom stereocenters. The van der Waals surface area contributed by atoms with Crippen molar-refractivity contribution in [3.05, 3.63) is 17.8 Å². The topological polar surface area (TPSA) is 90.4 Å². The summed E-state index contributed by atoms with van der Waals surface area (Å²) in [5.74, 6) is -0.400. The van der Waals surface area contributed by atoms with E-state index >= 15 is 0 Å². The quantitative estimate of drug-likeness (QED) is 0.805. The number of anilines is 1. The van der Waals surface area contributed by atoms with E-state index in [1.807, 2.05) is 0 Å². The third-order valence-corrected chi connectivity index (χ3v) is 1.69. The van der Waals surface area contributed by atoms with Gasteiger partial charge in [0.25, 0.3) is 0 Å². The molecule has 0 radical (unpaired) electrons. The summed E-state index contributed by atoms with van der Waals surface area (Å²) in [4.78, 5) is 22.5. The number of carbonyl (C=O) groups is 2. The fourth-order valence-corrected chi connectivity index (χ4v) is 1.02. The third-order valence-electron chi connectivity index (χ3n) is 1.69. The molecular formula is C11H15N3O4. The van der Waals surface area contributed by atoms with Crippen LogP contribution >= 0.6 is 0 Å². The summed E-state index contributed by atoms with van der Waals surface area (Å²) in [6.07, 6.45) is -0.636. The van der Waals surface area contributed by atoms with Crippen LogP contribution in [0.25, 0.3) is 0 Å². The van der Waals surface area contributed by atoms with Crippen LogP contribution in [0.1, 0.15) is 31.3 Å². The van der Waals surface area contributed by atoms with Gasteiger partial charge in [0.05, 0.1) is 7.11 Å². The van der Waals surface area contributed by atoms with Crippen molar-refractivity contribution in [3.63, 3.8) is 0 Å². The molecule has 1 heterocycles. The van der Waals surface area contributed by atoms with Crippen LogP contribution in [0.15, 0.2) is 12.1 Å². The van der Waals surface area contributed by atoms with E-state index in [1.54, 1.807) is 20.8 Å². The normalized spacial score (nSPS) is 10.7. The number of ether oxygens (including phenoxy) is 2. The summed E-state index contributed by atoms with van der Waals surface area (Å²) in [6.45, 7) is 5.25. The van der Waals surface area contributed by atoms with Gasteiger partial charge in [-0.05, 0) is 32.9 Å². The number of hydrogen-bond acceptors (Lipinski definition) is 6. The summed E-state index contributed by atoms with van der Waals surface area (Å²) in [6, 6.07) is 2.83. The van der Waals surface area contributed by atoms with E-state index < -0.39 is 17.7 Å². The Balaban J connectivity index is 2.64. The minimum atomic E-state index is -0.636. The molecule has 0 bridgehead atoms. The SMILES string of the molecule is COC(=O)c1ccc(NC(=O)OC(C)(C)C)nn1. The van der Waals surface area contributed by atoms with E-state index in [0.29, 0.717) is 0 Å². The Bertz CT molecular complexity index is 437. The molecule has 1 aromatic rings. The van der Waals surface area contributed by atoms with Gasteiger partial charge in [-0.2, -0.15) is 0 Å². The predicted molar refractivity (Wildman–Crippen MR) is 63.2 cm³/mol. The highest BCUT2D eigenvalue weighted by molar-refractivity contribution is 5.87. The zero-order valence-corrected chi connectivity index (χ0v) is 10.7. The smallest absolute Gasteiger partial charge is 0.413 e. The number of esters is 1. The molecule has 1 rings (SSSR count). The number of amides is 1. The van der Waals surface area contributed by atoms with Gasteiger partial charge in [-0.1, -0.05) is 0 Å². The van der Waals surface area contributed by atoms with Crippen LogP contribution in [-0.2, 0) is 9.47 Å². The Morgan fingerprint density at radius 2 is 1.89 bits per heavy atom. The van der Waals surface area contributed by atoms with Crippen molar-refractivity contribution in [1.29, 1.82) is 0 Å². The average molecular weight is 253 g/mol. The highest BCUT2D eigenvalue weighted by Gasteiger charge is 2.17. The molecule has 7 nitrogen and oxygen atoms in total. The van der Waals surface area contributed by atoms with Crippen LogP contribution in [0.3, 0.4) is 0 Å². The van der Waals surface area contributed by atoms with E-state index in [2.05, 4.69) is 20.3 Å². The van der Waals surface area contributed by atoms with Gasteiger partial charge in [-0.15, -0.1) is 10.2 Å². The standard InChI is InChI=1S/C11H15N3O4/c1-11(2,3)18-10(16)12-8-6-5-7(13-14-8)9(15)17-4/h5-6H,1-4H3,(H,12,14,16). The second-order valence-corrected chi connectivity index (χ2v) is 4.42. The van der Waals surface area contributed by atoms with Crippen LogP contribution in [0.2, 0.25) is 0 Å². The summed E-state index contributed by atoms with van der Waals surface area (Å²) >= 11 is 0. The average Bonchev–Trinajstić information content (AvgIpc) is 2.26. The molecule has 0 aromatic carbocycles. The van der Waals surface area contributed by atoms with Crippen molar-refractivity contribution in [2.24, 2.45) is 0 Å². The molecular weight excluding hydrogens is 238 g/mol. The maximum absolute atomic E-state index is 11.4. The minimum Gasteiger partial charge on any atom is -0.464 e. The monoisotopic (exact) mass is 253 g/mol. The van der Waals surface area contributed by atoms with Crippen molar-refractivity contribution in [3.8, 4) is 0 Å². The van der Waals surface area contributed by atoms with Gasteiger partial charge >= 0.3 is 12.1 Å². The lowest BCUT2D eigenvalue weighted by molar-refractivity contribution is 0.0591. The Hall–Kier alpha value is -2.18. The highest BCUT2D eigenvalue weighted by Crippen LogP contribution is 2.09. The zero-order chi connectivity index (χ0) is 13.8. The fourth-order valence-electron chi connectivity index (χ4n) is 1.02. The van der Waals surface area contributed by atoms with Gasteiger partial charge in [0.15, 0.2) is 11.5 Å². The van der Waals surface area contributed by atoms with Crippen molar-refractivity contribution in [2.45, 2.75) is 26.4 Å². The Kier molecular flexibility index (Phi) is 4.19. The molecule has 1 N–H and O–H groups in total. The lowest BCUT2D eigenvalue weighted by Gasteiger charge is -2.19. The minimum absolute atomic E-state index is 0.0623. The Morgan fingerprint density at radius 1 is 1.22 bits per heavy atom. The van der Waals surface area contributed by atoms with Crippen LogP contribution in [0, 0.1) is 0 Å². The molecule has 0 aliphatic carbocycles. The Morgan fingerprint density at radius 3 is 2.33 bits per heavy atom. The highest BCUT2D eigenvalue weighted by atomic mass is 16.6. The second-order valence-electron chi connectivity index (χ2n) is 4.42. The first-order valence-corrected chi connectivity index (χ1v) is 5.24. The summed E-state index contributed by atoms with van der Waals surface area (Å²) in [5, 5.41) is 9.65. The molecule has 7 heteroatoms.